The number of methoxy groups -OCH3 is 1. The van der Waals surface area contributed by atoms with E-state index in [2.05, 4.69) is 5.10 Å². The van der Waals surface area contributed by atoms with Crippen LogP contribution < -0.4 is 9.57 Å². The van der Waals surface area contributed by atoms with E-state index in [-0.39, 0.29) is 31.9 Å². The van der Waals surface area contributed by atoms with Gasteiger partial charge in [0.25, 0.3) is 15.7 Å². The number of nitrogens with one attached hydrogen (secondary N) is 1. The summed E-state index contributed by atoms with van der Waals surface area (Å²) in [5, 5.41) is 14.6. The molecule has 1 N–H and O–H groups in total. The highest BCUT2D eigenvalue weighted by molar-refractivity contribution is 7.89. The van der Waals surface area contributed by atoms with Crippen molar-refractivity contribution < 1.29 is 18.1 Å². The molecule has 2 rings (SSSR count). The molecule has 0 bridgehead atoms. The molecular formula is C14H11Cl2N3O5S. The van der Waals surface area contributed by atoms with Crippen molar-refractivity contribution in [2.45, 2.75) is 4.90 Å². The van der Waals surface area contributed by atoms with Gasteiger partial charge in [0.05, 0.1) is 18.2 Å². The highest BCUT2D eigenvalue weighted by atomic mass is 35.5. The van der Waals surface area contributed by atoms with Crippen molar-refractivity contribution in [2.24, 2.45) is 5.10 Å². The van der Waals surface area contributed by atoms with E-state index < -0.39 is 14.9 Å². The van der Waals surface area contributed by atoms with Gasteiger partial charge in [-0.05, 0) is 24.3 Å². The Morgan fingerprint density at radius 2 is 1.96 bits per heavy atom. The number of benzene rings is 2. The van der Waals surface area contributed by atoms with Crippen LogP contribution >= 0.6 is 23.2 Å². The van der Waals surface area contributed by atoms with Gasteiger partial charge < -0.3 is 4.74 Å². The third-order valence-corrected chi connectivity index (χ3v) is 4.77. The molecule has 0 radical (unpaired) electrons. The first-order valence-corrected chi connectivity index (χ1v) is 8.81. The lowest BCUT2D eigenvalue weighted by Gasteiger charge is -2.09. The Bertz CT molecular complexity index is 947. The molecule has 2 aromatic rings. The first kappa shape index (κ1) is 19.0. The van der Waals surface area contributed by atoms with Gasteiger partial charge in [0.15, 0.2) is 0 Å². The van der Waals surface area contributed by atoms with Gasteiger partial charge in [-0.15, -0.1) is 0 Å². The molecule has 132 valence electrons. The molecule has 0 fully saturated rings. The summed E-state index contributed by atoms with van der Waals surface area (Å²) in [5.74, 6) is 0.0919. The molecule has 0 saturated heterocycles. The highest BCUT2D eigenvalue weighted by Crippen LogP contribution is 2.27. The summed E-state index contributed by atoms with van der Waals surface area (Å²) in [6.07, 6.45) is 1.11. The number of hydrazone groups is 1. The van der Waals surface area contributed by atoms with Crippen LogP contribution in [-0.4, -0.2) is 26.7 Å². The maximum Gasteiger partial charge on any atom is 0.288 e. The molecule has 0 heterocycles. The van der Waals surface area contributed by atoms with Crippen LogP contribution in [-0.2, 0) is 10.0 Å². The Hall–Kier alpha value is -2.36. The Morgan fingerprint density at radius 3 is 2.60 bits per heavy atom. The van der Waals surface area contributed by atoms with Gasteiger partial charge in [0.2, 0.25) is 0 Å². The molecule has 0 aromatic heterocycles. The molecule has 8 nitrogen and oxygen atoms in total. The molecule has 11 heteroatoms. The summed E-state index contributed by atoms with van der Waals surface area (Å²) in [7, 11) is -2.73. The molecule has 0 aliphatic carbocycles. The molecule has 2 aromatic carbocycles. The minimum atomic E-state index is -4.05. The maximum absolute atomic E-state index is 12.3. The fourth-order valence-electron chi connectivity index (χ4n) is 1.83. The van der Waals surface area contributed by atoms with Crippen molar-refractivity contribution in [3.05, 3.63) is 62.1 Å². The monoisotopic (exact) mass is 403 g/mol. The van der Waals surface area contributed by atoms with E-state index in [1.54, 1.807) is 0 Å². The number of nitro benzene ring substituents is 1. The van der Waals surface area contributed by atoms with Crippen molar-refractivity contribution in [2.75, 3.05) is 7.11 Å². The predicted molar refractivity (Wildman–Crippen MR) is 94.0 cm³/mol. The highest BCUT2D eigenvalue weighted by Gasteiger charge is 2.19. The first-order valence-electron chi connectivity index (χ1n) is 6.57. The second-order valence-electron chi connectivity index (χ2n) is 4.62. The number of hydrogen-bond donors (Lipinski definition) is 1. The van der Waals surface area contributed by atoms with Crippen molar-refractivity contribution in [3.8, 4) is 5.75 Å². The molecule has 0 aliphatic heterocycles. The normalized spacial score (nSPS) is 11.5. The fraction of sp³-hybridized carbons (Fsp3) is 0.0714. The van der Waals surface area contributed by atoms with Crippen molar-refractivity contribution >= 4 is 45.1 Å². The van der Waals surface area contributed by atoms with E-state index in [0.29, 0.717) is 0 Å². The molecule has 25 heavy (non-hydrogen) atoms. The van der Waals surface area contributed by atoms with Gasteiger partial charge >= 0.3 is 0 Å². The topological polar surface area (TPSA) is 111 Å². The van der Waals surface area contributed by atoms with Crippen molar-refractivity contribution in [1.29, 1.82) is 0 Å². The third-order valence-electron chi connectivity index (χ3n) is 2.97. The second-order valence-corrected chi connectivity index (χ2v) is 7.09. The number of nitro groups is 1. The number of nitrogens with zero attached hydrogens (tertiary/aromatic N) is 2. The van der Waals surface area contributed by atoms with E-state index in [9.17, 15) is 18.5 Å². The number of rotatable bonds is 6. The van der Waals surface area contributed by atoms with Gasteiger partial charge in [0, 0.05) is 16.7 Å². The molecule has 0 amide bonds. The molecule has 0 unspecified atom stereocenters. The number of halogens is 2. The van der Waals surface area contributed by atoms with Crippen LogP contribution in [0.25, 0.3) is 0 Å². The molecule has 0 saturated carbocycles. The second kappa shape index (κ2) is 7.68. The smallest absolute Gasteiger partial charge is 0.288 e. The standard InChI is InChI=1S/C14H11Cl2N3O5S/c1-24-13-5-3-10(15)7-14(13)25(22,23)18-17-8-9-2-4-11(16)12(6-9)19(20)21/h2-8,18H,1H3/b17-8+. The van der Waals surface area contributed by atoms with E-state index in [1.807, 2.05) is 4.83 Å². The van der Waals surface area contributed by atoms with E-state index in [0.717, 1.165) is 6.21 Å². The summed E-state index contributed by atoms with van der Waals surface area (Å²) >= 11 is 11.5. The number of ether oxygens (including phenoxy) is 1. The molecule has 0 atom stereocenters. The zero-order valence-corrected chi connectivity index (χ0v) is 15.0. The zero-order valence-electron chi connectivity index (χ0n) is 12.6. The third kappa shape index (κ3) is 4.59. The lowest BCUT2D eigenvalue weighted by molar-refractivity contribution is -0.384. The van der Waals surface area contributed by atoms with Crippen molar-refractivity contribution in [3.63, 3.8) is 0 Å². The summed E-state index contributed by atoms with van der Waals surface area (Å²) in [4.78, 5) is 12.0. The lowest BCUT2D eigenvalue weighted by Crippen LogP contribution is -2.19. The summed E-state index contributed by atoms with van der Waals surface area (Å²) in [6, 6.07) is 8.03. The Morgan fingerprint density at radius 1 is 1.24 bits per heavy atom. The Kier molecular flexibility index (Phi) is 5.83. The maximum atomic E-state index is 12.3. The average molecular weight is 404 g/mol. The predicted octanol–water partition coefficient (Wildman–Crippen LogP) is 3.22. The van der Waals surface area contributed by atoms with Crippen LogP contribution in [0.15, 0.2) is 46.4 Å². The van der Waals surface area contributed by atoms with Crippen LogP contribution in [0.2, 0.25) is 10.0 Å². The van der Waals surface area contributed by atoms with Gasteiger partial charge in [0.1, 0.15) is 15.7 Å². The molecule has 0 spiro atoms. The van der Waals surface area contributed by atoms with Gasteiger partial charge in [-0.1, -0.05) is 29.3 Å². The SMILES string of the molecule is COc1ccc(Cl)cc1S(=O)(=O)N/N=C/c1ccc(Cl)c([N+](=O)[O-])c1. The zero-order chi connectivity index (χ0) is 18.6. The minimum absolute atomic E-state index is 0.0357. The Balaban J connectivity index is 2.26. The number of sulfonamides is 1. The van der Waals surface area contributed by atoms with E-state index >= 15 is 0 Å². The first-order chi connectivity index (χ1) is 11.7. The van der Waals surface area contributed by atoms with Gasteiger partial charge in [-0.25, -0.2) is 0 Å². The molecular weight excluding hydrogens is 393 g/mol. The summed E-state index contributed by atoms with van der Waals surface area (Å²) < 4.78 is 29.6. The summed E-state index contributed by atoms with van der Waals surface area (Å²) in [5.41, 5.74) is -0.0261. The summed E-state index contributed by atoms with van der Waals surface area (Å²) in [6.45, 7) is 0. The number of hydrogen-bond acceptors (Lipinski definition) is 6. The van der Waals surface area contributed by atoms with Gasteiger partial charge in [-0.2, -0.15) is 18.4 Å². The fourth-order valence-corrected chi connectivity index (χ4v) is 3.24. The van der Waals surface area contributed by atoms with Crippen LogP contribution in [0.3, 0.4) is 0 Å². The van der Waals surface area contributed by atoms with Crippen LogP contribution in [0, 0.1) is 10.1 Å². The quantitative estimate of drug-likeness (QED) is 0.452. The van der Waals surface area contributed by atoms with E-state index in [4.69, 9.17) is 27.9 Å². The van der Waals surface area contributed by atoms with Crippen LogP contribution in [0.4, 0.5) is 5.69 Å². The lowest BCUT2D eigenvalue weighted by atomic mass is 10.2. The average Bonchev–Trinajstić information content (AvgIpc) is 2.56. The Labute approximate surface area is 153 Å². The molecule has 0 aliphatic rings. The van der Waals surface area contributed by atoms with Crippen molar-refractivity contribution in [1.82, 2.24) is 4.83 Å². The largest absolute Gasteiger partial charge is 0.495 e. The van der Waals surface area contributed by atoms with Crippen LogP contribution in [0.1, 0.15) is 5.56 Å². The van der Waals surface area contributed by atoms with Crippen LogP contribution in [0.5, 0.6) is 5.75 Å². The van der Waals surface area contributed by atoms with Gasteiger partial charge in [-0.3, -0.25) is 10.1 Å². The minimum Gasteiger partial charge on any atom is -0.495 e. The van der Waals surface area contributed by atoms with E-state index in [1.165, 1.54) is 43.5 Å².